The van der Waals surface area contributed by atoms with Gasteiger partial charge >= 0.3 is 11.9 Å². The number of carbonyl (C=O) groups is 2. The fourth-order valence-electron chi connectivity index (χ4n) is 1.46. The minimum Gasteiger partial charge on any atom is -0.480 e. The Morgan fingerprint density at radius 3 is 1.33 bits per heavy atom. The first-order valence-electron chi connectivity index (χ1n) is 6.78. The summed E-state index contributed by atoms with van der Waals surface area (Å²) in [7, 11) is 0. The zero-order valence-corrected chi connectivity index (χ0v) is 17.2. The maximum absolute atomic E-state index is 10.2. The number of hydrogen-bond donors (Lipinski definition) is 2. The van der Waals surface area contributed by atoms with Crippen molar-refractivity contribution in [2.75, 3.05) is 13.2 Å². The van der Waals surface area contributed by atoms with Gasteiger partial charge in [0.25, 0.3) is 0 Å². The molecule has 1 radical (unpaired) electrons. The average molecular weight is 506 g/mol. The minimum atomic E-state index is -1.05. The number of carboxylic acids is 2. The summed E-state index contributed by atoms with van der Waals surface area (Å²) < 4.78 is 9.73. The summed E-state index contributed by atoms with van der Waals surface area (Å²) in [4.78, 5) is 20.3. The number of ether oxygens (including phenoxy) is 2. The van der Waals surface area contributed by atoms with Crippen molar-refractivity contribution in [1.82, 2.24) is 0 Å². The Hall–Kier alpha value is -1.34. The molecule has 11 heteroatoms. The molecule has 0 saturated heterocycles. The summed E-state index contributed by atoms with van der Waals surface area (Å²) in [6.07, 6.45) is 0. The topological polar surface area (TPSA) is 93.1 Å². The van der Waals surface area contributed by atoms with Gasteiger partial charge in [0.15, 0.2) is 13.2 Å². The predicted molar refractivity (Wildman–Crippen MR) is 99.2 cm³/mol. The van der Waals surface area contributed by atoms with Crippen molar-refractivity contribution in [3.63, 3.8) is 0 Å². The molecule has 0 bridgehead atoms. The third-order valence-electron chi connectivity index (χ3n) is 2.49. The minimum absolute atomic E-state index is 0. The maximum Gasteiger partial charge on any atom is 0.341 e. The quantitative estimate of drug-likeness (QED) is 0.542. The van der Waals surface area contributed by atoms with Crippen LogP contribution in [0.3, 0.4) is 0 Å². The van der Waals surface area contributed by atoms with Crippen molar-refractivity contribution < 1.29 is 46.3 Å². The van der Waals surface area contributed by atoms with E-state index in [4.69, 9.17) is 66.1 Å². The van der Waals surface area contributed by atoms with Gasteiger partial charge in [0, 0.05) is 27.1 Å². The van der Waals surface area contributed by atoms with Gasteiger partial charge in [-0.1, -0.05) is 46.4 Å². The molecule has 27 heavy (non-hydrogen) atoms. The van der Waals surface area contributed by atoms with Crippen molar-refractivity contribution >= 4 is 58.3 Å². The van der Waals surface area contributed by atoms with Crippen LogP contribution in [0.2, 0.25) is 20.1 Å². The van der Waals surface area contributed by atoms with Crippen LogP contribution >= 0.6 is 46.4 Å². The molecule has 0 saturated carbocycles. The Morgan fingerprint density at radius 2 is 1.07 bits per heavy atom. The molecule has 0 atom stereocenters. The number of aliphatic carboxylic acids is 2. The van der Waals surface area contributed by atoms with Crippen LogP contribution in [0.5, 0.6) is 11.5 Å². The van der Waals surface area contributed by atoms with E-state index in [-0.39, 0.29) is 17.1 Å². The van der Waals surface area contributed by atoms with Crippen molar-refractivity contribution in [2.24, 2.45) is 0 Å². The van der Waals surface area contributed by atoms with Gasteiger partial charge in [0.1, 0.15) is 11.5 Å². The van der Waals surface area contributed by atoms with Crippen LogP contribution in [0.15, 0.2) is 36.4 Å². The number of halogens is 4. The second-order valence-corrected chi connectivity index (χ2v) is 6.20. The number of benzene rings is 2. The third-order valence-corrected chi connectivity index (χ3v) is 3.55. The SMILES string of the molecule is O=C(O)COc1ccc(Cl)cc1Cl.O=C(O)COc1ccc(Cl)cc1Cl.[Cu]. The van der Waals surface area contributed by atoms with Crippen LogP contribution in [0.1, 0.15) is 0 Å². The molecule has 151 valence electrons. The molecule has 2 N–H and O–H groups in total. The van der Waals surface area contributed by atoms with Crippen LogP contribution in [-0.4, -0.2) is 35.4 Å². The first-order chi connectivity index (χ1) is 12.2. The summed E-state index contributed by atoms with van der Waals surface area (Å²) in [6, 6.07) is 9.16. The van der Waals surface area contributed by atoms with Crippen LogP contribution < -0.4 is 9.47 Å². The van der Waals surface area contributed by atoms with Crippen molar-refractivity contribution in [3.8, 4) is 11.5 Å². The molecular weight excluding hydrogens is 494 g/mol. The number of rotatable bonds is 6. The summed E-state index contributed by atoms with van der Waals surface area (Å²) >= 11 is 22.7. The van der Waals surface area contributed by atoms with Gasteiger partial charge in [-0.15, -0.1) is 0 Å². The molecule has 0 aliphatic heterocycles. The summed E-state index contributed by atoms with van der Waals surface area (Å²) in [6.45, 7) is -0.831. The number of carboxylic acid groups (broad SMARTS) is 2. The van der Waals surface area contributed by atoms with E-state index >= 15 is 0 Å². The summed E-state index contributed by atoms with van der Waals surface area (Å²) in [5.41, 5.74) is 0. The molecular formula is C16H12Cl4CuO6. The molecule has 0 aliphatic rings. The van der Waals surface area contributed by atoms with Crippen molar-refractivity contribution in [1.29, 1.82) is 0 Å². The van der Waals surface area contributed by atoms with Gasteiger partial charge in [-0.3, -0.25) is 0 Å². The standard InChI is InChI=1S/2C8H6Cl2O3.Cu/c2*9-5-1-2-7(6(10)3-5)13-4-8(11)12;/h2*1-3H,4H2,(H,11,12);. The molecule has 0 fully saturated rings. The second kappa shape index (κ2) is 12.9. The molecule has 0 amide bonds. The fraction of sp³-hybridized carbons (Fsp3) is 0.125. The van der Waals surface area contributed by atoms with E-state index in [0.717, 1.165) is 0 Å². The second-order valence-electron chi connectivity index (χ2n) is 4.51. The van der Waals surface area contributed by atoms with E-state index < -0.39 is 25.2 Å². The Morgan fingerprint density at radius 1 is 0.741 bits per heavy atom. The van der Waals surface area contributed by atoms with Gasteiger partial charge in [-0.2, -0.15) is 0 Å². The van der Waals surface area contributed by atoms with Crippen LogP contribution in [-0.2, 0) is 26.7 Å². The Balaban J connectivity index is 0.000000483. The largest absolute Gasteiger partial charge is 0.480 e. The zero-order chi connectivity index (χ0) is 19.7. The van der Waals surface area contributed by atoms with E-state index in [1.807, 2.05) is 0 Å². The molecule has 0 heterocycles. The van der Waals surface area contributed by atoms with Gasteiger partial charge in [0.05, 0.1) is 10.0 Å². The van der Waals surface area contributed by atoms with Crippen molar-refractivity contribution in [2.45, 2.75) is 0 Å². The summed E-state index contributed by atoms with van der Waals surface area (Å²) in [5.74, 6) is -1.47. The van der Waals surface area contributed by atoms with E-state index in [1.165, 1.54) is 24.3 Å². The zero-order valence-electron chi connectivity index (χ0n) is 13.2. The van der Waals surface area contributed by atoms with Crippen LogP contribution in [0.4, 0.5) is 0 Å². The first-order valence-corrected chi connectivity index (χ1v) is 8.29. The Labute approximate surface area is 185 Å². The normalized spacial score (nSPS) is 9.33. The molecule has 0 aliphatic carbocycles. The van der Waals surface area contributed by atoms with Crippen LogP contribution in [0.25, 0.3) is 0 Å². The maximum atomic E-state index is 10.2. The number of hydrogen-bond acceptors (Lipinski definition) is 4. The van der Waals surface area contributed by atoms with Gasteiger partial charge in [-0.05, 0) is 36.4 Å². The Kier molecular flexibility index (Phi) is 12.3. The molecule has 6 nitrogen and oxygen atoms in total. The smallest absolute Gasteiger partial charge is 0.341 e. The summed E-state index contributed by atoms with van der Waals surface area (Å²) in [5, 5.41) is 18.2. The average Bonchev–Trinajstić information content (AvgIpc) is 2.53. The molecule has 2 rings (SSSR count). The van der Waals surface area contributed by atoms with E-state index in [0.29, 0.717) is 31.6 Å². The fourth-order valence-corrected chi connectivity index (χ4v) is 2.39. The molecule has 0 aromatic heterocycles. The van der Waals surface area contributed by atoms with Gasteiger partial charge < -0.3 is 19.7 Å². The monoisotopic (exact) mass is 503 g/mol. The van der Waals surface area contributed by atoms with Crippen molar-refractivity contribution in [3.05, 3.63) is 56.5 Å². The molecule has 0 spiro atoms. The van der Waals surface area contributed by atoms with Gasteiger partial charge in [-0.25, -0.2) is 9.59 Å². The van der Waals surface area contributed by atoms with Gasteiger partial charge in [0.2, 0.25) is 0 Å². The predicted octanol–water partition coefficient (Wildman–Crippen LogP) is 4.91. The molecule has 2 aromatic carbocycles. The first kappa shape index (κ1) is 25.7. The van der Waals surface area contributed by atoms with E-state index in [1.54, 1.807) is 12.1 Å². The Bertz CT molecular complexity index is 722. The molecule has 2 aromatic rings. The van der Waals surface area contributed by atoms with E-state index in [2.05, 4.69) is 0 Å². The molecule has 0 unspecified atom stereocenters. The van der Waals surface area contributed by atoms with Crippen LogP contribution in [0, 0.1) is 0 Å². The van der Waals surface area contributed by atoms with E-state index in [9.17, 15) is 9.59 Å². The third kappa shape index (κ3) is 10.5.